The number of anilines is 4. The van der Waals surface area contributed by atoms with Crippen molar-refractivity contribution in [1.82, 2.24) is 0 Å². The third-order valence-corrected chi connectivity index (χ3v) is 8.37. The fraction of sp³-hybridized carbons (Fsp3) is 0.0789. The molecule has 42 heavy (non-hydrogen) atoms. The van der Waals surface area contributed by atoms with Gasteiger partial charge in [0.2, 0.25) is 0 Å². The van der Waals surface area contributed by atoms with Crippen molar-refractivity contribution in [2.75, 3.05) is 9.62 Å². The highest BCUT2D eigenvalue weighted by Gasteiger charge is 2.54. The number of aryl methyl sites for hydroxylation is 3. The highest BCUT2D eigenvalue weighted by atomic mass is 15.3. The van der Waals surface area contributed by atoms with E-state index in [1.54, 1.807) is 0 Å². The predicted octanol–water partition coefficient (Wildman–Crippen LogP) is 8.15. The number of fused-ring (bicyclic) bond motifs is 1. The molecule has 0 amide bonds. The Bertz CT molecular complexity index is 1810. The molecule has 2 heterocycles. The summed E-state index contributed by atoms with van der Waals surface area (Å²) in [5.74, 6) is 1.14. The first-order valence-electron chi connectivity index (χ1n) is 14.6. The Morgan fingerprint density at radius 1 is 0.500 bits per heavy atom. The van der Waals surface area contributed by atoms with E-state index >= 15 is 0 Å². The Hall–Kier alpha value is -5.09. The minimum atomic E-state index is -0.151. The molecule has 0 saturated heterocycles. The number of rotatable bonds is 5. The molecule has 0 saturated carbocycles. The van der Waals surface area contributed by atoms with E-state index in [-0.39, 0.29) is 6.98 Å². The molecule has 0 fully saturated rings. The summed E-state index contributed by atoms with van der Waals surface area (Å²) >= 11 is 0. The van der Waals surface area contributed by atoms with Crippen molar-refractivity contribution in [3.05, 3.63) is 157 Å². The zero-order valence-electron chi connectivity index (χ0n) is 24.3. The molecule has 1 aliphatic heterocycles. The molecule has 1 aliphatic rings. The lowest BCUT2D eigenvalue weighted by Gasteiger charge is -2.28. The van der Waals surface area contributed by atoms with Crippen molar-refractivity contribution in [2.45, 2.75) is 13.8 Å². The van der Waals surface area contributed by atoms with Gasteiger partial charge in [0.15, 0.2) is 0 Å². The lowest BCUT2D eigenvalue weighted by molar-refractivity contribution is -0.658. The highest BCUT2D eigenvalue weighted by Crippen LogP contribution is 2.49. The molecule has 7 rings (SSSR count). The van der Waals surface area contributed by atoms with Gasteiger partial charge in [-0.15, -0.1) is 0 Å². The van der Waals surface area contributed by atoms with Gasteiger partial charge < -0.3 is 4.81 Å². The molecule has 0 unspecified atom stereocenters. The lowest BCUT2D eigenvalue weighted by Crippen LogP contribution is -2.57. The fourth-order valence-corrected chi connectivity index (χ4v) is 6.45. The van der Waals surface area contributed by atoms with Crippen molar-refractivity contribution >= 4 is 35.3 Å². The summed E-state index contributed by atoms with van der Waals surface area (Å²) in [7, 11) is 2.14. The quantitative estimate of drug-likeness (QED) is 0.161. The van der Waals surface area contributed by atoms with Gasteiger partial charge >= 0.3 is 6.98 Å². The van der Waals surface area contributed by atoms with E-state index in [9.17, 15) is 0 Å². The molecule has 3 nitrogen and oxygen atoms in total. The average molecular weight is 543 g/mol. The number of hydrogen-bond acceptors (Lipinski definition) is 2. The molecule has 0 N–H and O–H groups in total. The van der Waals surface area contributed by atoms with E-state index in [0.717, 1.165) is 5.82 Å². The topological polar surface area (TPSA) is 10.4 Å². The second-order valence-electron chi connectivity index (χ2n) is 11.0. The van der Waals surface area contributed by atoms with Gasteiger partial charge in [-0.2, -0.15) is 0 Å². The number of benzene rings is 5. The van der Waals surface area contributed by atoms with Crippen molar-refractivity contribution < 1.29 is 4.57 Å². The molecule has 0 bridgehead atoms. The van der Waals surface area contributed by atoms with E-state index < -0.39 is 0 Å². The van der Waals surface area contributed by atoms with Crippen LogP contribution in [0, 0.1) is 13.8 Å². The summed E-state index contributed by atoms with van der Waals surface area (Å²) < 4.78 is 2.24. The van der Waals surface area contributed by atoms with Crippen LogP contribution in [0.4, 0.5) is 22.9 Å². The average Bonchev–Trinajstić information content (AvgIpc) is 3.41. The van der Waals surface area contributed by atoms with Gasteiger partial charge in [0.1, 0.15) is 5.69 Å². The fourth-order valence-electron chi connectivity index (χ4n) is 6.45. The number of nitrogens with zero attached hydrogens (tertiary/aromatic N) is 3. The Labute approximate surface area is 249 Å². The zero-order chi connectivity index (χ0) is 28.6. The maximum atomic E-state index is 2.55. The van der Waals surface area contributed by atoms with Gasteiger partial charge in [-0.3, -0.25) is 4.81 Å². The lowest BCUT2D eigenvalue weighted by atomic mass is 9.59. The van der Waals surface area contributed by atoms with Crippen LogP contribution in [-0.2, 0) is 7.05 Å². The van der Waals surface area contributed by atoms with Gasteiger partial charge in [0.25, 0.3) is 5.82 Å². The predicted molar refractivity (Wildman–Crippen MR) is 177 cm³/mol. The molecule has 0 spiro atoms. The van der Waals surface area contributed by atoms with Crippen LogP contribution < -0.4 is 19.7 Å². The van der Waals surface area contributed by atoms with Crippen LogP contribution in [0.2, 0.25) is 0 Å². The van der Waals surface area contributed by atoms with Crippen molar-refractivity contribution in [3.8, 4) is 22.3 Å². The van der Waals surface area contributed by atoms with Gasteiger partial charge in [-0.25, -0.2) is 4.57 Å². The van der Waals surface area contributed by atoms with Crippen LogP contribution in [0.1, 0.15) is 11.1 Å². The summed E-state index contributed by atoms with van der Waals surface area (Å²) in [4.78, 5) is 5.11. The minimum Gasteiger partial charge on any atom is -0.336 e. The first-order chi connectivity index (χ1) is 20.6. The van der Waals surface area contributed by atoms with E-state index in [0.29, 0.717) is 0 Å². The Morgan fingerprint density at radius 3 is 1.55 bits per heavy atom. The highest BCUT2D eigenvalue weighted by molar-refractivity contribution is 6.86. The number of aromatic nitrogens is 1. The molecule has 5 aromatic carbocycles. The molecule has 0 atom stereocenters. The maximum absolute atomic E-state index is 2.55. The monoisotopic (exact) mass is 542 g/mol. The first-order valence-corrected chi connectivity index (χ1v) is 14.6. The van der Waals surface area contributed by atoms with Crippen LogP contribution in [-0.4, -0.2) is 6.98 Å². The van der Waals surface area contributed by atoms with Crippen LogP contribution in [0.5, 0.6) is 0 Å². The molecular formula is C38H33BN3+. The van der Waals surface area contributed by atoms with Crippen LogP contribution in [0.15, 0.2) is 146 Å². The first kappa shape index (κ1) is 25.9. The second-order valence-corrected chi connectivity index (χ2v) is 11.0. The third-order valence-electron chi connectivity index (χ3n) is 8.37. The largest absolute Gasteiger partial charge is 0.543 e. The molecule has 0 aliphatic carbocycles. The van der Waals surface area contributed by atoms with Crippen molar-refractivity contribution in [3.63, 3.8) is 0 Å². The smallest absolute Gasteiger partial charge is 0.336 e. The zero-order valence-corrected chi connectivity index (χ0v) is 24.3. The molecule has 4 heteroatoms. The van der Waals surface area contributed by atoms with Crippen molar-refractivity contribution in [2.24, 2.45) is 7.05 Å². The molecule has 1 aromatic heterocycles. The summed E-state index contributed by atoms with van der Waals surface area (Å²) in [6.07, 6.45) is 2.14. The minimum absolute atomic E-state index is 0.151. The van der Waals surface area contributed by atoms with Crippen LogP contribution in [0.3, 0.4) is 0 Å². The summed E-state index contributed by atoms with van der Waals surface area (Å²) in [5, 5.41) is 0. The summed E-state index contributed by atoms with van der Waals surface area (Å²) in [5.41, 5.74) is 12.3. The van der Waals surface area contributed by atoms with E-state index in [2.05, 4.69) is 181 Å². The van der Waals surface area contributed by atoms with Crippen LogP contribution in [0.25, 0.3) is 22.3 Å². The van der Waals surface area contributed by atoms with Crippen LogP contribution >= 0.6 is 0 Å². The summed E-state index contributed by atoms with van der Waals surface area (Å²) in [6, 6.07) is 50.3. The molecule has 6 aromatic rings. The Morgan fingerprint density at radius 2 is 1.00 bits per heavy atom. The van der Waals surface area contributed by atoms with E-state index in [1.807, 2.05) is 0 Å². The molecular weight excluding hydrogens is 509 g/mol. The standard InChI is InChI=1S/C38H33BN3/c1-28-25-26-29(2)38-37(28)41(32-20-11-6-12-21-32)39(42(38)35-24-13-14-27-40(35)3)36-33(30-16-7-4-8-17-30)22-15-23-34(36)31-18-9-5-10-19-31/h4-27H,1-3H3/q+1. The number of para-hydroxylation sites is 1. The van der Waals surface area contributed by atoms with Gasteiger partial charge in [0, 0.05) is 17.2 Å². The molecule has 0 radical (unpaired) electrons. The van der Waals surface area contributed by atoms with E-state index in [4.69, 9.17) is 0 Å². The SMILES string of the molecule is Cc1ccc(C)c2c1N(c1ccccc1)B(c1c(-c3ccccc3)cccc1-c1ccccc1)N2c1cccc[n+]1C. The number of hydrogen-bond donors (Lipinski definition) is 0. The van der Waals surface area contributed by atoms with E-state index in [1.165, 1.54) is 55.9 Å². The molecule has 202 valence electrons. The van der Waals surface area contributed by atoms with Gasteiger partial charge in [0.05, 0.1) is 18.9 Å². The maximum Gasteiger partial charge on any atom is 0.543 e. The Kier molecular flexibility index (Phi) is 6.60. The number of pyridine rings is 1. The Balaban J connectivity index is 1.63. The van der Waals surface area contributed by atoms with Crippen molar-refractivity contribution in [1.29, 1.82) is 0 Å². The van der Waals surface area contributed by atoms with Gasteiger partial charge in [-0.1, -0.05) is 115 Å². The van der Waals surface area contributed by atoms with Gasteiger partial charge in [-0.05, 0) is 65.4 Å². The summed E-state index contributed by atoms with van der Waals surface area (Å²) in [6.45, 7) is 4.32. The third kappa shape index (κ3) is 4.28. The normalized spacial score (nSPS) is 12.5. The second kappa shape index (κ2) is 10.7.